The molecule has 0 fully saturated rings. The standard InChI is InChI=1S/C21H20N2O5S/c1-13-7-16(29-12-22)8-14(2)21(13)23-19(24)11-28-20(25)10-15-3-4-17-18(9-15)27-6-5-26-17/h3-4,7-9H,5-6,10-11H2,1-2H3,(H,23,24). The number of hydrogen-bond acceptors (Lipinski definition) is 7. The van der Waals surface area contributed by atoms with Gasteiger partial charge < -0.3 is 19.5 Å². The van der Waals surface area contributed by atoms with E-state index in [1.807, 2.05) is 31.4 Å². The summed E-state index contributed by atoms with van der Waals surface area (Å²) in [4.78, 5) is 25.1. The average Bonchev–Trinajstić information content (AvgIpc) is 2.69. The summed E-state index contributed by atoms with van der Waals surface area (Å²) in [6.07, 6.45) is 0.0298. The van der Waals surface area contributed by atoms with Crippen molar-refractivity contribution >= 4 is 29.3 Å². The number of aryl methyl sites for hydroxylation is 2. The second kappa shape index (κ2) is 9.34. The van der Waals surface area contributed by atoms with Crippen LogP contribution in [0.3, 0.4) is 0 Å². The Morgan fingerprint density at radius 3 is 2.52 bits per heavy atom. The topological polar surface area (TPSA) is 97.7 Å². The third-order valence-electron chi connectivity index (χ3n) is 4.25. The first-order chi connectivity index (χ1) is 14.0. The number of carbonyl (C=O) groups excluding carboxylic acids is 2. The number of benzene rings is 2. The Kier molecular flexibility index (Phi) is 6.62. The van der Waals surface area contributed by atoms with E-state index in [1.54, 1.807) is 18.2 Å². The van der Waals surface area contributed by atoms with Crippen LogP contribution < -0.4 is 14.8 Å². The van der Waals surface area contributed by atoms with Crippen LogP contribution >= 0.6 is 11.8 Å². The molecule has 0 radical (unpaired) electrons. The number of thioether (sulfide) groups is 1. The number of thiocyanates is 1. The molecule has 0 bridgehead atoms. The number of esters is 1. The number of carbonyl (C=O) groups is 2. The SMILES string of the molecule is Cc1cc(SC#N)cc(C)c1NC(=O)COC(=O)Cc1ccc2c(c1)OCCO2. The van der Waals surface area contributed by atoms with E-state index in [4.69, 9.17) is 19.5 Å². The molecule has 0 aromatic heterocycles. The van der Waals surface area contributed by atoms with Crippen LogP contribution in [0, 0.1) is 24.5 Å². The van der Waals surface area contributed by atoms with Crippen molar-refractivity contribution in [1.29, 1.82) is 5.26 Å². The number of amides is 1. The van der Waals surface area contributed by atoms with Crippen LogP contribution in [0.5, 0.6) is 11.5 Å². The summed E-state index contributed by atoms with van der Waals surface area (Å²) in [5.74, 6) is 0.319. The molecule has 0 spiro atoms. The summed E-state index contributed by atoms with van der Waals surface area (Å²) in [5, 5.41) is 13.6. The van der Waals surface area contributed by atoms with Gasteiger partial charge in [-0.1, -0.05) is 6.07 Å². The lowest BCUT2D eigenvalue weighted by atomic mass is 10.1. The molecule has 8 heteroatoms. The van der Waals surface area contributed by atoms with E-state index < -0.39 is 11.9 Å². The highest BCUT2D eigenvalue weighted by Crippen LogP contribution is 2.31. The first-order valence-corrected chi connectivity index (χ1v) is 9.79. The molecule has 2 aromatic rings. The van der Waals surface area contributed by atoms with Gasteiger partial charge in [-0.25, -0.2) is 0 Å². The number of fused-ring (bicyclic) bond motifs is 1. The van der Waals surface area contributed by atoms with Crippen molar-refractivity contribution in [3.63, 3.8) is 0 Å². The number of rotatable bonds is 6. The molecule has 29 heavy (non-hydrogen) atoms. The van der Waals surface area contributed by atoms with Crippen molar-refractivity contribution in [3.8, 4) is 16.9 Å². The van der Waals surface area contributed by atoms with Crippen molar-refractivity contribution in [1.82, 2.24) is 0 Å². The van der Waals surface area contributed by atoms with Crippen LogP contribution in [0.1, 0.15) is 16.7 Å². The average molecular weight is 412 g/mol. The second-order valence-corrected chi connectivity index (χ2v) is 7.35. The van der Waals surface area contributed by atoms with Gasteiger partial charge in [0.05, 0.1) is 6.42 Å². The summed E-state index contributed by atoms with van der Waals surface area (Å²) in [6.45, 7) is 4.28. The fourth-order valence-corrected chi connectivity index (χ4v) is 3.55. The number of anilines is 1. The monoisotopic (exact) mass is 412 g/mol. The lowest BCUT2D eigenvalue weighted by Gasteiger charge is -2.18. The predicted octanol–water partition coefficient (Wildman–Crippen LogP) is 3.37. The van der Waals surface area contributed by atoms with Gasteiger partial charge in [-0.05, 0) is 66.6 Å². The van der Waals surface area contributed by atoms with Gasteiger partial charge in [0.15, 0.2) is 18.1 Å². The molecule has 0 aliphatic carbocycles. The van der Waals surface area contributed by atoms with Crippen molar-refractivity contribution in [2.75, 3.05) is 25.1 Å². The highest BCUT2D eigenvalue weighted by Gasteiger charge is 2.15. The number of nitriles is 1. The van der Waals surface area contributed by atoms with Crippen LogP contribution in [0.15, 0.2) is 35.2 Å². The molecule has 1 heterocycles. The van der Waals surface area contributed by atoms with Crippen molar-refractivity contribution in [2.45, 2.75) is 25.2 Å². The molecular formula is C21H20N2O5S. The Hall–Kier alpha value is -3.18. The Labute approximate surface area is 172 Å². The lowest BCUT2D eigenvalue weighted by molar-refractivity contribution is -0.146. The highest BCUT2D eigenvalue weighted by atomic mass is 32.2. The summed E-state index contributed by atoms with van der Waals surface area (Å²) in [6, 6.07) is 8.91. The summed E-state index contributed by atoms with van der Waals surface area (Å²) < 4.78 is 16.0. The van der Waals surface area contributed by atoms with E-state index in [9.17, 15) is 9.59 Å². The fourth-order valence-electron chi connectivity index (χ4n) is 2.97. The van der Waals surface area contributed by atoms with E-state index >= 15 is 0 Å². The molecule has 1 amide bonds. The molecule has 0 saturated heterocycles. The van der Waals surface area contributed by atoms with Gasteiger partial charge in [0.2, 0.25) is 0 Å². The Morgan fingerprint density at radius 1 is 1.14 bits per heavy atom. The Balaban J connectivity index is 1.53. The zero-order valence-electron chi connectivity index (χ0n) is 16.1. The van der Waals surface area contributed by atoms with Crippen molar-refractivity contribution in [2.24, 2.45) is 0 Å². The van der Waals surface area contributed by atoms with Crippen LogP contribution in [-0.2, 0) is 20.7 Å². The third kappa shape index (κ3) is 5.42. The fraction of sp³-hybridized carbons (Fsp3) is 0.286. The van der Waals surface area contributed by atoms with E-state index in [0.29, 0.717) is 30.4 Å². The maximum Gasteiger partial charge on any atom is 0.310 e. The van der Waals surface area contributed by atoms with Gasteiger partial charge in [0, 0.05) is 10.6 Å². The van der Waals surface area contributed by atoms with Gasteiger partial charge in [0.25, 0.3) is 5.91 Å². The van der Waals surface area contributed by atoms with Gasteiger partial charge in [-0.2, -0.15) is 5.26 Å². The first kappa shape index (κ1) is 20.6. The molecule has 150 valence electrons. The van der Waals surface area contributed by atoms with Gasteiger partial charge in [0.1, 0.15) is 18.6 Å². The van der Waals surface area contributed by atoms with Crippen LogP contribution in [-0.4, -0.2) is 31.7 Å². The molecule has 3 rings (SSSR count). The van der Waals surface area contributed by atoms with Crippen LogP contribution in [0.2, 0.25) is 0 Å². The minimum absolute atomic E-state index is 0.0298. The molecule has 1 aliphatic rings. The number of nitrogens with zero attached hydrogens (tertiary/aromatic N) is 1. The van der Waals surface area contributed by atoms with Gasteiger partial charge in [-0.3, -0.25) is 9.59 Å². The molecule has 2 aromatic carbocycles. The minimum Gasteiger partial charge on any atom is -0.486 e. The van der Waals surface area contributed by atoms with Gasteiger partial charge >= 0.3 is 5.97 Å². The largest absolute Gasteiger partial charge is 0.486 e. The predicted molar refractivity (Wildman–Crippen MR) is 108 cm³/mol. The normalized spacial score (nSPS) is 12.0. The second-order valence-electron chi connectivity index (χ2n) is 6.49. The molecule has 7 nitrogen and oxygen atoms in total. The van der Waals surface area contributed by atoms with Crippen molar-refractivity contribution in [3.05, 3.63) is 47.0 Å². The molecular weight excluding hydrogens is 392 g/mol. The van der Waals surface area contributed by atoms with Crippen LogP contribution in [0.4, 0.5) is 5.69 Å². The maximum atomic E-state index is 12.2. The number of ether oxygens (including phenoxy) is 3. The third-order valence-corrected chi connectivity index (χ3v) is 4.82. The maximum absolute atomic E-state index is 12.2. The van der Waals surface area contributed by atoms with Crippen molar-refractivity contribution < 1.29 is 23.8 Å². The molecule has 1 N–H and O–H groups in total. The highest BCUT2D eigenvalue weighted by molar-refractivity contribution is 8.03. The number of hydrogen-bond donors (Lipinski definition) is 1. The van der Waals surface area contributed by atoms with E-state index in [1.165, 1.54) is 0 Å². The summed E-state index contributed by atoms with van der Waals surface area (Å²) in [7, 11) is 0. The molecule has 0 atom stereocenters. The van der Waals surface area contributed by atoms with Gasteiger partial charge in [-0.15, -0.1) is 0 Å². The quantitative estimate of drug-likeness (QED) is 0.441. The summed E-state index contributed by atoms with van der Waals surface area (Å²) in [5.41, 5.74) is 3.04. The summed E-state index contributed by atoms with van der Waals surface area (Å²) >= 11 is 1.06. The van der Waals surface area contributed by atoms with E-state index in [-0.39, 0.29) is 13.0 Å². The molecule has 0 saturated carbocycles. The van der Waals surface area contributed by atoms with Crippen LogP contribution in [0.25, 0.3) is 0 Å². The zero-order valence-corrected chi connectivity index (χ0v) is 16.9. The smallest absolute Gasteiger partial charge is 0.310 e. The molecule has 1 aliphatic heterocycles. The minimum atomic E-state index is -0.508. The number of nitrogens with one attached hydrogen (secondary N) is 1. The Morgan fingerprint density at radius 2 is 1.83 bits per heavy atom. The van der Waals surface area contributed by atoms with E-state index in [0.717, 1.165) is 33.3 Å². The molecule has 0 unspecified atom stereocenters. The first-order valence-electron chi connectivity index (χ1n) is 8.97. The Bertz CT molecular complexity index is 961. The lowest BCUT2D eigenvalue weighted by Crippen LogP contribution is -2.22. The zero-order chi connectivity index (χ0) is 20.8. The van der Waals surface area contributed by atoms with E-state index in [2.05, 4.69) is 5.32 Å².